The number of hydrogen-bond donors (Lipinski definition) is 0. The first-order valence-corrected chi connectivity index (χ1v) is 5.41. The lowest BCUT2D eigenvalue weighted by Crippen LogP contribution is -2.36. The summed E-state index contributed by atoms with van der Waals surface area (Å²) in [5.41, 5.74) is 1.30. The van der Waals surface area contributed by atoms with Gasteiger partial charge in [0.15, 0.2) is 0 Å². The molecule has 1 amide bonds. The van der Waals surface area contributed by atoms with Crippen LogP contribution in [-0.2, 0) is 11.2 Å². The van der Waals surface area contributed by atoms with E-state index in [1.807, 2.05) is 0 Å². The van der Waals surface area contributed by atoms with E-state index in [-0.39, 0.29) is 17.6 Å². The molecule has 15 heavy (non-hydrogen) atoms. The molecule has 0 unspecified atom stereocenters. The standard InChI is InChI=1S/C11H11ClFNO/c12-7-11(15)14-6-2-3-8-9(13)4-1-5-10(8)14/h1,4-5H,2-3,6-7H2. The van der Waals surface area contributed by atoms with Gasteiger partial charge >= 0.3 is 0 Å². The molecule has 0 saturated heterocycles. The molecular formula is C11H11ClFNO. The summed E-state index contributed by atoms with van der Waals surface area (Å²) in [5.74, 6) is -0.460. The molecule has 80 valence electrons. The van der Waals surface area contributed by atoms with E-state index in [4.69, 9.17) is 11.6 Å². The number of rotatable bonds is 1. The molecule has 2 nitrogen and oxygen atoms in total. The number of halogens is 2. The normalized spacial score (nSPS) is 14.9. The van der Waals surface area contributed by atoms with Crippen LogP contribution in [0.1, 0.15) is 12.0 Å². The van der Waals surface area contributed by atoms with Gasteiger partial charge < -0.3 is 4.90 Å². The minimum atomic E-state index is -0.237. The first-order valence-electron chi connectivity index (χ1n) is 4.87. The van der Waals surface area contributed by atoms with Gasteiger partial charge in [-0.1, -0.05) is 6.07 Å². The number of hydrogen-bond acceptors (Lipinski definition) is 1. The van der Waals surface area contributed by atoms with Crippen LogP contribution in [0.25, 0.3) is 0 Å². The Labute approximate surface area is 92.6 Å². The van der Waals surface area contributed by atoms with Gasteiger partial charge in [-0.2, -0.15) is 0 Å². The van der Waals surface area contributed by atoms with Crippen LogP contribution in [0.5, 0.6) is 0 Å². The SMILES string of the molecule is O=C(CCl)N1CCCc2c(F)cccc21. The van der Waals surface area contributed by atoms with Crippen molar-refractivity contribution in [2.24, 2.45) is 0 Å². The van der Waals surface area contributed by atoms with Crippen molar-refractivity contribution >= 4 is 23.2 Å². The summed E-state index contributed by atoms with van der Waals surface area (Å²) in [6.07, 6.45) is 1.48. The van der Waals surface area contributed by atoms with E-state index in [0.29, 0.717) is 24.2 Å². The number of carbonyl (C=O) groups excluding carboxylic acids is 1. The fraction of sp³-hybridized carbons (Fsp3) is 0.364. The van der Waals surface area contributed by atoms with Gasteiger partial charge in [0.1, 0.15) is 11.7 Å². The molecule has 0 aliphatic carbocycles. The molecule has 0 saturated carbocycles. The molecule has 0 aromatic heterocycles. The lowest BCUT2D eigenvalue weighted by molar-refractivity contribution is -0.116. The summed E-state index contributed by atoms with van der Waals surface area (Å²) in [4.78, 5) is 13.1. The average molecular weight is 228 g/mol. The monoisotopic (exact) mass is 227 g/mol. The third-order valence-electron chi connectivity index (χ3n) is 2.61. The molecule has 2 rings (SSSR count). The van der Waals surface area contributed by atoms with Crippen molar-refractivity contribution in [1.82, 2.24) is 0 Å². The van der Waals surface area contributed by atoms with E-state index in [2.05, 4.69) is 0 Å². The van der Waals surface area contributed by atoms with Gasteiger partial charge in [0.2, 0.25) is 5.91 Å². The number of carbonyl (C=O) groups is 1. The number of benzene rings is 1. The summed E-state index contributed by atoms with van der Waals surface area (Å²) in [6, 6.07) is 4.81. The fourth-order valence-corrected chi connectivity index (χ4v) is 2.06. The molecule has 4 heteroatoms. The van der Waals surface area contributed by atoms with Crippen molar-refractivity contribution in [2.45, 2.75) is 12.8 Å². The molecule has 1 aromatic carbocycles. The minimum Gasteiger partial charge on any atom is -0.311 e. The summed E-state index contributed by atoms with van der Waals surface area (Å²) in [6.45, 7) is 0.627. The zero-order valence-corrected chi connectivity index (χ0v) is 8.93. The van der Waals surface area contributed by atoms with Crippen LogP contribution in [0.2, 0.25) is 0 Å². The molecule has 0 radical (unpaired) electrons. The third-order valence-corrected chi connectivity index (χ3v) is 2.84. The predicted molar refractivity (Wildman–Crippen MR) is 57.8 cm³/mol. The van der Waals surface area contributed by atoms with Crippen LogP contribution in [-0.4, -0.2) is 18.3 Å². The molecule has 1 aliphatic heterocycles. The molecule has 0 spiro atoms. The Morgan fingerprint density at radius 2 is 2.33 bits per heavy atom. The Morgan fingerprint density at radius 1 is 1.53 bits per heavy atom. The maximum absolute atomic E-state index is 13.4. The molecule has 1 heterocycles. The number of fused-ring (bicyclic) bond motifs is 1. The molecule has 0 fully saturated rings. The maximum atomic E-state index is 13.4. The summed E-state index contributed by atoms with van der Waals surface area (Å²) < 4.78 is 13.4. The van der Waals surface area contributed by atoms with Crippen molar-refractivity contribution in [1.29, 1.82) is 0 Å². The number of amides is 1. The molecule has 0 atom stereocenters. The quantitative estimate of drug-likeness (QED) is 0.675. The van der Waals surface area contributed by atoms with E-state index < -0.39 is 0 Å². The van der Waals surface area contributed by atoms with Gasteiger partial charge in [-0.3, -0.25) is 4.79 Å². The predicted octanol–water partition coefficient (Wildman–Crippen LogP) is 2.34. The Bertz CT molecular complexity index is 394. The number of nitrogens with zero attached hydrogens (tertiary/aromatic N) is 1. The van der Waals surface area contributed by atoms with E-state index in [0.717, 1.165) is 6.42 Å². The Balaban J connectivity index is 2.42. The number of anilines is 1. The van der Waals surface area contributed by atoms with Crippen molar-refractivity contribution in [2.75, 3.05) is 17.3 Å². The van der Waals surface area contributed by atoms with E-state index in [9.17, 15) is 9.18 Å². The highest BCUT2D eigenvalue weighted by Gasteiger charge is 2.23. The second kappa shape index (κ2) is 4.19. The molecule has 1 aliphatic rings. The van der Waals surface area contributed by atoms with Crippen LogP contribution in [0.3, 0.4) is 0 Å². The van der Waals surface area contributed by atoms with E-state index >= 15 is 0 Å². The van der Waals surface area contributed by atoms with Crippen molar-refractivity contribution in [3.8, 4) is 0 Å². The van der Waals surface area contributed by atoms with Gasteiger partial charge in [0, 0.05) is 17.8 Å². The molecular weight excluding hydrogens is 217 g/mol. The minimum absolute atomic E-state index is 0.0596. The summed E-state index contributed by atoms with van der Waals surface area (Å²) in [5, 5.41) is 0. The van der Waals surface area contributed by atoms with E-state index in [1.165, 1.54) is 6.07 Å². The van der Waals surface area contributed by atoms with Gasteiger partial charge in [-0.15, -0.1) is 11.6 Å². The Morgan fingerprint density at radius 3 is 3.07 bits per heavy atom. The second-order valence-corrected chi connectivity index (χ2v) is 3.79. The van der Waals surface area contributed by atoms with Crippen molar-refractivity contribution < 1.29 is 9.18 Å². The highest BCUT2D eigenvalue weighted by Crippen LogP contribution is 2.29. The van der Waals surface area contributed by atoms with Gasteiger partial charge in [0.25, 0.3) is 0 Å². The van der Waals surface area contributed by atoms with Crippen LogP contribution >= 0.6 is 11.6 Å². The maximum Gasteiger partial charge on any atom is 0.241 e. The lowest BCUT2D eigenvalue weighted by Gasteiger charge is -2.29. The Kier molecular flexibility index (Phi) is 2.91. The summed E-state index contributed by atoms with van der Waals surface area (Å²) in [7, 11) is 0. The Hall–Kier alpha value is -1.09. The van der Waals surface area contributed by atoms with Gasteiger partial charge in [0.05, 0.1) is 0 Å². The first-order chi connectivity index (χ1) is 7.24. The highest BCUT2D eigenvalue weighted by atomic mass is 35.5. The van der Waals surface area contributed by atoms with Crippen LogP contribution < -0.4 is 4.90 Å². The van der Waals surface area contributed by atoms with Gasteiger partial charge in [-0.05, 0) is 25.0 Å². The largest absolute Gasteiger partial charge is 0.311 e. The van der Waals surface area contributed by atoms with Crippen LogP contribution in [0.15, 0.2) is 18.2 Å². The third kappa shape index (κ3) is 1.84. The van der Waals surface area contributed by atoms with Crippen LogP contribution in [0, 0.1) is 5.82 Å². The summed E-state index contributed by atoms with van der Waals surface area (Å²) >= 11 is 5.51. The average Bonchev–Trinajstić information content (AvgIpc) is 2.28. The smallest absolute Gasteiger partial charge is 0.241 e. The first kappa shape index (κ1) is 10.4. The van der Waals surface area contributed by atoms with E-state index in [1.54, 1.807) is 17.0 Å². The zero-order chi connectivity index (χ0) is 10.8. The topological polar surface area (TPSA) is 20.3 Å². The lowest BCUT2D eigenvalue weighted by atomic mass is 10.0. The second-order valence-electron chi connectivity index (χ2n) is 3.52. The molecule has 1 aromatic rings. The highest BCUT2D eigenvalue weighted by molar-refractivity contribution is 6.29. The zero-order valence-electron chi connectivity index (χ0n) is 8.17. The number of alkyl halides is 1. The molecule has 0 bridgehead atoms. The fourth-order valence-electron chi connectivity index (χ4n) is 1.91. The van der Waals surface area contributed by atoms with Crippen molar-refractivity contribution in [3.63, 3.8) is 0 Å². The molecule has 0 N–H and O–H groups in total. The van der Waals surface area contributed by atoms with Crippen molar-refractivity contribution in [3.05, 3.63) is 29.6 Å². The van der Waals surface area contributed by atoms with Crippen LogP contribution in [0.4, 0.5) is 10.1 Å². The van der Waals surface area contributed by atoms with Gasteiger partial charge in [-0.25, -0.2) is 4.39 Å².